The lowest BCUT2D eigenvalue weighted by Crippen LogP contribution is -2.20. The van der Waals surface area contributed by atoms with E-state index in [-0.39, 0.29) is 5.78 Å². The highest BCUT2D eigenvalue weighted by Gasteiger charge is 1.95. The van der Waals surface area contributed by atoms with Gasteiger partial charge in [-0.3, -0.25) is 4.79 Å². The highest BCUT2D eigenvalue weighted by molar-refractivity contribution is 5.75. The summed E-state index contributed by atoms with van der Waals surface area (Å²) in [5.74, 6) is 0.250. The number of rotatable bonds is 7. The molecule has 1 aromatic carbocycles. The van der Waals surface area contributed by atoms with Crippen LogP contribution in [0, 0.1) is 0 Å². The van der Waals surface area contributed by atoms with Gasteiger partial charge in [0.2, 0.25) is 0 Å². The average Bonchev–Trinajstić information content (AvgIpc) is 2.29. The second-order valence-corrected chi connectivity index (χ2v) is 4.12. The van der Waals surface area contributed by atoms with E-state index >= 15 is 0 Å². The van der Waals surface area contributed by atoms with E-state index in [9.17, 15) is 4.79 Å². The van der Waals surface area contributed by atoms with Crippen LogP contribution in [-0.4, -0.2) is 18.9 Å². The van der Waals surface area contributed by atoms with Crippen LogP contribution in [0.2, 0.25) is 0 Å². The second-order valence-electron chi connectivity index (χ2n) is 4.12. The summed E-state index contributed by atoms with van der Waals surface area (Å²) in [5, 5.41) is 3.27. The fourth-order valence-electron chi connectivity index (χ4n) is 1.56. The van der Waals surface area contributed by atoms with Gasteiger partial charge in [-0.15, -0.1) is 0 Å². The summed E-state index contributed by atoms with van der Waals surface area (Å²) < 4.78 is 0. The van der Waals surface area contributed by atoms with E-state index in [2.05, 4.69) is 36.5 Å². The predicted molar refractivity (Wildman–Crippen MR) is 67.7 cm³/mol. The van der Waals surface area contributed by atoms with Crippen molar-refractivity contribution in [3.63, 3.8) is 0 Å². The molecule has 0 aliphatic rings. The maximum atomic E-state index is 10.7. The molecule has 2 heteroatoms. The summed E-state index contributed by atoms with van der Waals surface area (Å²) in [6.45, 7) is 5.53. The highest BCUT2D eigenvalue weighted by Crippen LogP contribution is 2.05. The first-order valence-corrected chi connectivity index (χ1v) is 6.00. The van der Waals surface area contributed by atoms with E-state index in [0.29, 0.717) is 6.42 Å². The Balaban J connectivity index is 2.19. The van der Waals surface area contributed by atoms with Crippen molar-refractivity contribution >= 4 is 5.78 Å². The van der Waals surface area contributed by atoms with Gasteiger partial charge in [0.15, 0.2) is 0 Å². The van der Waals surface area contributed by atoms with Crippen LogP contribution in [-0.2, 0) is 17.6 Å². The molecular formula is C14H21NO. The fourth-order valence-corrected chi connectivity index (χ4v) is 1.56. The van der Waals surface area contributed by atoms with Crippen LogP contribution in [0.25, 0.3) is 0 Å². The summed E-state index contributed by atoms with van der Waals surface area (Å²) in [5.41, 5.74) is 2.74. The SMILES string of the molecule is CCc1ccc(CCNCCC(C)=O)cc1. The Morgan fingerprint density at radius 1 is 1.12 bits per heavy atom. The van der Waals surface area contributed by atoms with Crippen LogP contribution in [0.5, 0.6) is 0 Å². The van der Waals surface area contributed by atoms with Crippen LogP contribution in [0.15, 0.2) is 24.3 Å². The Bertz CT molecular complexity index is 316. The summed E-state index contributed by atoms with van der Waals surface area (Å²) >= 11 is 0. The van der Waals surface area contributed by atoms with Crippen LogP contribution < -0.4 is 5.32 Å². The number of hydrogen-bond acceptors (Lipinski definition) is 2. The summed E-state index contributed by atoms with van der Waals surface area (Å²) in [7, 11) is 0. The number of nitrogens with one attached hydrogen (secondary N) is 1. The molecule has 0 aliphatic heterocycles. The largest absolute Gasteiger partial charge is 0.316 e. The monoisotopic (exact) mass is 219 g/mol. The quantitative estimate of drug-likeness (QED) is 0.713. The van der Waals surface area contributed by atoms with Gasteiger partial charge in [0.25, 0.3) is 0 Å². The topological polar surface area (TPSA) is 29.1 Å². The molecule has 0 spiro atoms. The Morgan fingerprint density at radius 3 is 2.31 bits per heavy atom. The van der Waals surface area contributed by atoms with Gasteiger partial charge in [0.05, 0.1) is 0 Å². The van der Waals surface area contributed by atoms with Crippen molar-refractivity contribution < 1.29 is 4.79 Å². The van der Waals surface area contributed by atoms with Crippen LogP contribution >= 0.6 is 0 Å². The zero-order chi connectivity index (χ0) is 11.8. The molecule has 88 valence electrons. The molecule has 0 fully saturated rings. The molecule has 16 heavy (non-hydrogen) atoms. The van der Waals surface area contributed by atoms with E-state index in [4.69, 9.17) is 0 Å². The molecule has 0 bridgehead atoms. The lowest BCUT2D eigenvalue weighted by atomic mass is 10.1. The van der Waals surface area contributed by atoms with Crippen molar-refractivity contribution in [3.05, 3.63) is 35.4 Å². The number of benzene rings is 1. The maximum absolute atomic E-state index is 10.7. The molecular weight excluding hydrogens is 198 g/mol. The van der Waals surface area contributed by atoms with E-state index in [1.165, 1.54) is 11.1 Å². The molecule has 0 aromatic heterocycles. The van der Waals surface area contributed by atoms with Crippen molar-refractivity contribution in [1.29, 1.82) is 0 Å². The molecule has 1 rings (SSSR count). The fraction of sp³-hybridized carbons (Fsp3) is 0.500. The summed E-state index contributed by atoms with van der Waals surface area (Å²) in [4.78, 5) is 10.7. The van der Waals surface area contributed by atoms with Gasteiger partial charge in [0.1, 0.15) is 5.78 Å². The van der Waals surface area contributed by atoms with E-state index in [1.807, 2.05) is 0 Å². The Morgan fingerprint density at radius 2 is 1.75 bits per heavy atom. The molecule has 0 unspecified atom stereocenters. The van der Waals surface area contributed by atoms with Crippen molar-refractivity contribution in [2.24, 2.45) is 0 Å². The van der Waals surface area contributed by atoms with Gasteiger partial charge in [-0.1, -0.05) is 31.2 Å². The number of carbonyl (C=O) groups is 1. The number of ketones is 1. The van der Waals surface area contributed by atoms with Crippen LogP contribution in [0.3, 0.4) is 0 Å². The zero-order valence-electron chi connectivity index (χ0n) is 10.3. The number of hydrogen-bond donors (Lipinski definition) is 1. The predicted octanol–water partition coefficient (Wildman–Crippen LogP) is 2.36. The van der Waals surface area contributed by atoms with E-state index in [1.54, 1.807) is 6.92 Å². The van der Waals surface area contributed by atoms with Gasteiger partial charge in [-0.25, -0.2) is 0 Å². The Labute approximate surface area is 98.1 Å². The molecule has 2 nitrogen and oxygen atoms in total. The van der Waals surface area contributed by atoms with Crippen molar-refractivity contribution in [2.75, 3.05) is 13.1 Å². The molecule has 0 heterocycles. The molecule has 0 amide bonds. The van der Waals surface area contributed by atoms with Gasteiger partial charge in [-0.05, 0) is 37.4 Å². The molecule has 1 N–H and O–H groups in total. The van der Waals surface area contributed by atoms with Crippen molar-refractivity contribution in [2.45, 2.75) is 33.1 Å². The van der Waals surface area contributed by atoms with E-state index < -0.39 is 0 Å². The number of Topliss-reactive ketones (excluding diaryl/α,β-unsaturated/α-hetero) is 1. The standard InChI is InChI=1S/C14H21NO/c1-3-13-4-6-14(7-5-13)9-11-15-10-8-12(2)16/h4-7,15H,3,8-11H2,1-2H3. The third kappa shape index (κ3) is 5.08. The minimum absolute atomic E-state index is 0.250. The third-order valence-corrected chi connectivity index (χ3v) is 2.68. The van der Waals surface area contributed by atoms with Gasteiger partial charge in [-0.2, -0.15) is 0 Å². The number of aryl methyl sites for hydroxylation is 1. The first-order chi connectivity index (χ1) is 7.72. The highest BCUT2D eigenvalue weighted by atomic mass is 16.1. The second kappa shape index (κ2) is 7.18. The average molecular weight is 219 g/mol. The minimum atomic E-state index is 0.250. The molecule has 0 atom stereocenters. The summed E-state index contributed by atoms with van der Waals surface area (Å²) in [6, 6.07) is 8.74. The molecule has 0 saturated carbocycles. The van der Waals surface area contributed by atoms with Crippen molar-refractivity contribution in [1.82, 2.24) is 5.32 Å². The Hall–Kier alpha value is -1.15. The maximum Gasteiger partial charge on any atom is 0.131 e. The van der Waals surface area contributed by atoms with Gasteiger partial charge < -0.3 is 5.32 Å². The number of carbonyl (C=O) groups excluding carboxylic acids is 1. The molecule has 0 aliphatic carbocycles. The molecule has 1 aromatic rings. The smallest absolute Gasteiger partial charge is 0.131 e. The summed E-state index contributed by atoms with van der Waals surface area (Å²) in [6.07, 6.45) is 2.76. The van der Waals surface area contributed by atoms with Gasteiger partial charge in [0, 0.05) is 13.0 Å². The zero-order valence-corrected chi connectivity index (χ0v) is 10.3. The normalized spacial score (nSPS) is 10.4. The van der Waals surface area contributed by atoms with Crippen LogP contribution in [0.1, 0.15) is 31.4 Å². The first-order valence-electron chi connectivity index (χ1n) is 6.00. The Kier molecular flexibility index (Phi) is 5.79. The van der Waals surface area contributed by atoms with Crippen LogP contribution in [0.4, 0.5) is 0 Å². The third-order valence-electron chi connectivity index (χ3n) is 2.68. The molecule has 0 radical (unpaired) electrons. The lowest BCUT2D eigenvalue weighted by molar-refractivity contribution is -0.116. The van der Waals surface area contributed by atoms with Crippen molar-refractivity contribution in [3.8, 4) is 0 Å². The van der Waals surface area contributed by atoms with Gasteiger partial charge >= 0.3 is 0 Å². The molecule has 0 saturated heterocycles. The minimum Gasteiger partial charge on any atom is -0.316 e. The first kappa shape index (κ1) is 12.9. The lowest BCUT2D eigenvalue weighted by Gasteiger charge is -2.04. The van der Waals surface area contributed by atoms with E-state index in [0.717, 1.165) is 25.9 Å².